The summed E-state index contributed by atoms with van der Waals surface area (Å²) in [6.45, 7) is 2.79. The fraction of sp³-hybridized carbons (Fsp3) is 0.429. The van der Waals surface area contributed by atoms with Crippen LogP contribution in [-0.2, 0) is 0 Å². The third-order valence-corrected chi connectivity index (χ3v) is 5.74. The topological polar surface area (TPSA) is 63.2 Å². The van der Waals surface area contributed by atoms with Gasteiger partial charge in [-0.25, -0.2) is 0 Å². The van der Waals surface area contributed by atoms with Crippen molar-refractivity contribution in [1.29, 1.82) is 0 Å². The van der Waals surface area contributed by atoms with Gasteiger partial charge in [-0.05, 0) is 62.8 Å². The van der Waals surface area contributed by atoms with E-state index < -0.39 is 0 Å². The highest BCUT2D eigenvalue weighted by Gasteiger charge is 2.23. The van der Waals surface area contributed by atoms with E-state index in [0.717, 1.165) is 43.6 Å². The Bertz CT molecular complexity index is 836. The number of aryl methyl sites for hydroxylation is 1. The first-order chi connectivity index (χ1) is 13.5. The molecule has 0 bridgehead atoms. The van der Waals surface area contributed by atoms with Crippen LogP contribution in [0, 0.1) is 12.8 Å². The van der Waals surface area contributed by atoms with Crippen molar-refractivity contribution in [2.24, 2.45) is 5.92 Å². The molecule has 1 aliphatic carbocycles. The summed E-state index contributed by atoms with van der Waals surface area (Å²) in [5, 5.41) is 7.48. The minimum atomic E-state index is -0.0901. The zero-order chi connectivity index (χ0) is 20.1. The number of amides is 1. The molecule has 1 amide bonds. The number of nitrogens with one attached hydrogen (secondary N) is 2. The summed E-state index contributed by atoms with van der Waals surface area (Å²) in [6, 6.07) is 9.33. The first-order valence-corrected chi connectivity index (χ1v) is 10.2. The van der Waals surface area contributed by atoms with E-state index in [2.05, 4.69) is 15.6 Å². The number of ether oxygens (including phenoxy) is 1. The predicted molar refractivity (Wildman–Crippen MR) is 114 cm³/mol. The van der Waals surface area contributed by atoms with Crippen molar-refractivity contribution in [1.82, 2.24) is 10.3 Å². The van der Waals surface area contributed by atoms with Crippen LogP contribution in [0.5, 0.6) is 5.88 Å². The summed E-state index contributed by atoms with van der Waals surface area (Å²) >= 11 is 12.2. The standard InChI is InChI=1S/C21H25Cl2N3O2/c1-13-3-8-17(22)16(11-13)20(27)25-15-6-4-14(5-7-15)12-24-19-10-9-18(23)21(26-19)28-2/h3,8-11,14-15H,4-7,12H2,1-2H3,(H,24,26)(H,25,27). The highest BCUT2D eigenvalue weighted by atomic mass is 35.5. The molecule has 2 N–H and O–H groups in total. The first-order valence-electron chi connectivity index (χ1n) is 9.47. The SMILES string of the molecule is COc1nc(NCC2CCC(NC(=O)c3cc(C)ccc3Cl)CC2)ccc1Cl. The van der Waals surface area contributed by atoms with Gasteiger partial charge in [-0.3, -0.25) is 4.79 Å². The molecule has 1 aromatic heterocycles. The van der Waals surface area contributed by atoms with E-state index in [1.807, 2.05) is 25.1 Å². The highest BCUT2D eigenvalue weighted by Crippen LogP contribution is 2.27. The molecule has 0 aliphatic heterocycles. The Labute approximate surface area is 175 Å². The fourth-order valence-electron chi connectivity index (χ4n) is 3.50. The Balaban J connectivity index is 1.47. The van der Waals surface area contributed by atoms with Gasteiger partial charge in [0.15, 0.2) is 0 Å². The number of hydrogen-bond acceptors (Lipinski definition) is 4. The van der Waals surface area contributed by atoms with E-state index in [4.69, 9.17) is 27.9 Å². The predicted octanol–water partition coefficient (Wildman–Crippen LogP) is 5.11. The van der Waals surface area contributed by atoms with Gasteiger partial charge >= 0.3 is 0 Å². The van der Waals surface area contributed by atoms with Crippen LogP contribution in [0.4, 0.5) is 5.82 Å². The zero-order valence-corrected chi connectivity index (χ0v) is 17.6. The molecule has 7 heteroatoms. The lowest BCUT2D eigenvalue weighted by Gasteiger charge is -2.29. The Morgan fingerprint density at radius 3 is 2.57 bits per heavy atom. The van der Waals surface area contributed by atoms with Crippen LogP contribution in [0.25, 0.3) is 0 Å². The third-order valence-electron chi connectivity index (χ3n) is 5.13. The van der Waals surface area contributed by atoms with E-state index in [1.165, 1.54) is 0 Å². The van der Waals surface area contributed by atoms with E-state index in [-0.39, 0.29) is 11.9 Å². The van der Waals surface area contributed by atoms with Crippen LogP contribution in [0.3, 0.4) is 0 Å². The Kier molecular flexibility index (Phi) is 7.03. The number of halogens is 2. The molecule has 1 heterocycles. The summed E-state index contributed by atoms with van der Waals surface area (Å²) < 4.78 is 5.15. The van der Waals surface area contributed by atoms with Gasteiger partial charge in [0.05, 0.1) is 17.7 Å². The molecule has 28 heavy (non-hydrogen) atoms. The highest BCUT2D eigenvalue weighted by molar-refractivity contribution is 6.33. The monoisotopic (exact) mass is 421 g/mol. The second kappa shape index (κ2) is 9.48. The van der Waals surface area contributed by atoms with Gasteiger partial charge in [-0.1, -0.05) is 34.8 Å². The first kappa shape index (κ1) is 20.7. The van der Waals surface area contributed by atoms with Gasteiger partial charge < -0.3 is 15.4 Å². The maximum Gasteiger partial charge on any atom is 0.253 e. The molecule has 0 unspecified atom stereocenters. The van der Waals surface area contributed by atoms with Gasteiger partial charge in [0.2, 0.25) is 5.88 Å². The smallest absolute Gasteiger partial charge is 0.253 e. The van der Waals surface area contributed by atoms with Crippen molar-refractivity contribution in [3.63, 3.8) is 0 Å². The minimum Gasteiger partial charge on any atom is -0.480 e. The van der Waals surface area contributed by atoms with Crippen LogP contribution in [-0.4, -0.2) is 30.6 Å². The maximum atomic E-state index is 12.5. The molecule has 0 saturated heterocycles. The maximum absolute atomic E-state index is 12.5. The average molecular weight is 422 g/mol. The van der Waals surface area contributed by atoms with Gasteiger partial charge in [-0.2, -0.15) is 4.98 Å². The fourth-order valence-corrected chi connectivity index (χ4v) is 3.89. The molecule has 0 spiro atoms. The summed E-state index contributed by atoms with van der Waals surface area (Å²) in [6.07, 6.45) is 4.01. The van der Waals surface area contributed by atoms with Crippen molar-refractivity contribution >= 4 is 34.9 Å². The molecule has 3 rings (SSSR count). The number of pyridine rings is 1. The number of rotatable bonds is 6. The van der Waals surface area contributed by atoms with E-state index in [9.17, 15) is 4.79 Å². The lowest BCUT2D eigenvalue weighted by molar-refractivity contribution is 0.0923. The summed E-state index contributed by atoms with van der Waals surface area (Å²) in [5.41, 5.74) is 1.57. The molecule has 1 aliphatic rings. The van der Waals surface area contributed by atoms with Crippen molar-refractivity contribution in [3.05, 3.63) is 51.5 Å². The Hall–Kier alpha value is -1.98. The Morgan fingerprint density at radius 1 is 1.14 bits per heavy atom. The number of methoxy groups -OCH3 is 1. The molecule has 2 aromatic rings. The van der Waals surface area contributed by atoms with Crippen LogP contribution in [0.1, 0.15) is 41.6 Å². The van der Waals surface area contributed by atoms with Gasteiger partial charge in [0, 0.05) is 12.6 Å². The number of carbonyl (C=O) groups is 1. The van der Waals surface area contributed by atoms with Gasteiger partial charge in [0.1, 0.15) is 10.8 Å². The average Bonchev–Trinajstić information content (AvgIpc) is 2.70. The molecule has 0 atom stereocenters. The van der Waals surface area contributed by atoms with E-state index in [0.29, 0.717) is 27.4 Å². The number of anilines is 1. The largest absolute Gasteiger partial charge is 0.480 e. The number of hydrogen-bond donors (Lipinski definition) is 2. The van der Waals surface area contributed by atoms with E-state index in [1.54, 1.807) is 19.2 Å². The lowest BCUT2D eigenvalue weighted by atomic mass is 9.86. The molecule has 150 valence electrons. The quantitative estimate of drug-likeness (QED) is 0.680. The molecule has 0 radical (unpaired) electrons. The second-order valence-electron chi connectivity index (χ2n) is 7.24. The van der Waals surface area contributed by atoms with Gasteiger partial charge in [0.25, 0.3) is 5.91 Å². The van der Waals surface area contributed by atoms with Gasteiger partial charge in [-0.15, -0.1) is 0 Å². The number of aromatic nitrogens is 1. The van der Waals surface area contributed by atoms with Crippen LogP contribution in [0.15, 0.2) is 30.3 Å². The molecular formula is C21H25Cl2N3O2. The summed E-state index contributed by atoms with van der Waals surface area (Å²) in [4.78, 5) is 16.9. The second-order valence-corrected chi connectivity index (χ2v) is 8.06. The zero-order valence-electron chi connectivity index (χ0n) is 16.1. The molecule has 1 aromatic carbocycles. The molecule has 1 saturated carbocycles. The minimum absolute atomic E-state index is 0.0901. The van der Waals surface area contributed by atoms with Crippen LogP contribution >= 0.6 is 23.2 Å². The van der Waals surface area contributed by atoms with E-state index >= 15 is 0 Å². The number of benzene rings is 1. The third kappa shape index (κ3) is 5.30. The number of carbonyl (C=O) groups excluding carboxylic acids is 1. The van der Waals surface area contributed by atoms with Crippen LogP contribution < -0.4 is 15.4 Å². The normalized spacial score (nSPS) is 19.1. The van der Waals surface area contributed by atoms with Crippen molar-refractivity contribution in [2.45, 2.75) is 38.6 Å². The van der Waals surface area contributed by atoms with Crippen LogP contribution in [0.2, 0.25) is 10.0 Å². The molecular weight excluding hydrogens is 397 g/mol. The summed E-state index contributed by atoms with van der Waals surface area (Å²) in [7, 11) is 1.55. The molecule has 1 fully saturated rings. The van der Waals surface area contributed by atoms with Crippen molar-refractivity contribution < 1.29 is 9.53 Å². The summed E-state index contributed by atoms with van der Waals surface area (Å²) in [5.74, 6) is 1.63. The Morgan fingerprint density at radius 2 is 1.86 bits per heavy atom. The van der Waals surface area contributed by atoms with Crippen molar-refractivity contribution in [2.75, 3.05) is 19.0 Å². The molecule has 5 nitrogen and oxygen atoms in total. The van der Waals surface area contributed by atoms with Crippen molar-refractivity contribution in [3.8, 4) is 5.88 Å². The number of nitrogens with zero attached hydrogens (tertiary/aromatic N) is 1. The lowest BCUT2D eigenvalue weighted by Crippen LogP contribution is -2.38.